The molecule has 0 atom stereocenters. The van der Waals surface area contributed by atoms with Gasteiger partial charge in [0, 0.05) is 12.7 Å². The Morgan fingerprint density at radius 1 is 1.09 bits per heavy atom. The minimum atomic E-state index is -3.86. The molecule has 6 heteroatoms. The van der Waals surface area contributed by atoms with Gasteiger partial charge in [-0.25, -0.2) is 13.1 Å². The number of hydrogen-bond donors (Lipinski definition) is 1. The number of sulfonamides is 1. The Bertz CT molecular complexity index is 866. The van der Waals surface area contributed by atoms with Gasteiger partial charge in [0.15, 0.2) is 0 Å². The number of benzene rings is 1. The lowest BCUT2D eigenvalue weighted by molar-refractivity contribution is 0.0973. The van der Waals surface area contributed by atoms with E-state index in [0.29, 0.717) is 5.69 Å². The van der Waals surface area contributed by atoms with Gasteiger partial charge in [0.05, 0.1) is 4.90 Å². The zero-order valence-corrected chi connectivity index (χ0v) is 14.1. The number of nitrogens with one attached hydrogen (secondary N) is 1. The van der Waals surface area contributed by atoms with E-state index in [0.717, 1.165) is 36.9 Å². The van der Waals surface area contributed by atoms with Gasteiger partial charge in [0.2, 0.25) is 0 Å². The van der Waals surface area contributed by atoms with Crippen molar-refractivity contribution in [3.8, 4) is 0 Å². The van der Waals surface area contributed by atoms with Gasteiger partial charge in [-0.1, -0.05) is 6.07 Å². The van der Waals surface area contributed by atoms with Crippen molar-refractivity contribution in [1.29, 1.82) is 0 Å². The monoisotopic (exact) mass is 332 g/mol. The van der Waals surface area contributed by atoms with E-state index in [1.807, 2.05) is 13.0 Å². The van der Waals surface area contributed by atoms with Crippen molar-refractivity contribution in [2.45, 2.75) is 37.5 Å². The second-order valence-corrected chi connectivity index (χ2v) is 7.67. The van der Waals surface area contributed by atoms with Crippen LogP contribution in [0, 0.1) is 6.92 Å². The molecule has 0 bridgehead atoms. The van der Waals surface area contributed by atoms with Crippen LogP contribution in [0.3, 0.4) is 0 Å². The second-order valence-electron chi connectivity index (χ2n) is 5.99. The van der Waals surface area contributed by atoms with Crippen LogP contribution in [0.2, 0.25) is 0 Å². The molecule has 1 aromatic heterocycles. The molecular formula is C17H20N2O3S. The minimum absolute atomic E-state index is 0.150. The number of rotatable bonds is 3. The first kappa shape index (κ1) is 15.8. The van der Waals surface area contributed by atoms with Gasteiger partial charge >= 0.3 is 0 Å². The fourth-order valence-electron chi connectivity index (χ4n) is 2.95. The largest absolute Gasteiger partial charge is 0.344 e. The maximum atomic E-state index is 12.5. The maximum Gasteiger partial charge on any atom is 0.281 e. The van der Waals surface area contributed by atoms with Gasteiger partial charge in [-0.05, 0) is 68.0 Å². The molecule has 1 N–H and O–H groups in total. The molecule has 0 saturated heterocycles. The van der Waals surface area contributed by atoms with Gasteiger partial charge in [0.25, 0.3) is 15.9 Å². The van der Waals surface area contributed by atoms with Crippen molar-refractivity contribution < 1.29 is 13.2 Å². The smallest absolute Gasteiger partial charge is 0.281 e. The van der Waals surface area contributed by atoms with E-state index >= 15 is 0 Å². The standard InChI is InChI=1S/C17H20N2O3S/c1-12-7-10-16(19(12)2)17(20)18-23(21,22)15-9-8-13-5-3-4-6-14(13)11-15/h7-11H,3-6H2,1-2H3,(H,18,20). The molecule has 1 aromatic carbocycles. The average molecular weight is 332 g/mol. The van der Waals surface area contributed by atoms with Gasteiger partial charge in [0.1, 0.15) is 5.69 Å². The number of nitrogens with zero attached hydrogens (tertiary/aromatic N) is 1. The Labute approximate surface area is 136 Å². The highest BCUT2D eigenvalue weighted by Crippen LogP contribution is 2.24. The molecule has 0 aliphatic heterocycles. The topological polar surface area (TPSA) is 68.2 Å². The molecule has 3 rings (SSSR count). The van der Waals surface area contributed by atoms with E-state index in [9.17, 15) is 13.2 Å². The number of hydrogen-bond acceptors (Lipinski definition) is 3. The Hall–Kier alpha value is -2.08. The summed E-state index contributed by atoms with van der Waals surface area (Å²) in [4.78, 5) is 12.4. The number of carbonyl (C=O) groups is 1. The molecule has 1 amide bonds. The Balaban J connectivity index is 1.87. The normalized spacial score (nSPS) is 14.3. The van der Waals surface area contributed by atoms with E-state index in [1.165, 1.54) is 5.56 Å². The molecule has 0 unspecified atom stereocenters. The van der Waals surface area contributed by atoms with E-state index in [-0.39, 0.29) is 4.90 Å². The molecule has 23 heavy (non-hydrogen) atoms. The van der Waals surface area contributed by atoms with Crippen LogP contribution in [0.4, 0.5) is 0 Å². The summed E-state index contributed by atoms with van der Waals surface area (Å²) in [5.74, 6) is -0.613. The minimum Gasteiger partial charge on any atom is -0.344 e. The van der Waals surface area contributed by atoms with Crippen LogP contribution < -0.4 is 4.72 Å². The summed E-state index contributed by atoms with van der Waals surface area (Å²) in [6.45, 7) is 1.86. The lowest BCUT2D eigenvalue weighted by Crippen LogP contribution is -2.32. The van der Waals surface area contributed by atoms with Gasteiger partial charge < -0.3 is 4.57 Å². The summed E-state index contributed by atoms with van der Waals surface area (Å²) in [6.07, 6.45) is 4.10. The third kappa shape index (κ3) is 3.03. The molecule has 0 radical (unpaired) electrons. The Morgan fingerprint density at radius 2 is 1.78 bits per heavy atom. The highest BCUT2D eigenvalue weighted by atomic mass is 32.2. The fourth-order valence-corrected chi connectivity index (χ4v) is 3.96. The summed E-state index contributed by atoms with van der Waals surface area (Å²) in [5.41, 5.74) is 3.49. The SMILES string of the molecule is Cc1ccc(C(=O)NS(=O)(=O)c2ccc3c(c2)CCCC3)n1C. The van der Waals surface area contributed by atoms with Gasteiger partial charge in [-0.3, -0.25) is 4.79 Å². The van der Waals surface area contributed by atoms with Crippen LogP contribution in [0.15, 0.2) is 35.2 Å². The molecule has 5 nitrogen and oxygen atoms in total. The van der Waals surface area contributed by atoms with E-state index in [1.54, 1.807) is 35.9 Å². The van der Waals surface area contributed by atoms with Crippen LogP contribution in [0.5, 0.6) is 0 Å². The van der Waals surface area contributed by atoms with E-state index in [2.05, 4.69) is 4.72 Å². The number of aromatic nitrogens is 1. The predicted octanol–water partition coefficient (Wildman–Crippen LogP) is 2.33. The second kappa shape index (κ2) is 5.85. The molecule has 0 saturated carbocycles. The zero-order chi connectivity index (χ0) is 16.6. The number of amides is 1. The Kier molecular flexibility index (Phi) is 4.02. The van der Waals surface area contributed by atoms with E-state index in [4.69, 9.17) is 0 Å². The molecular weight excluding hydrogens is 312 g/mol. The van der Waals surface area contributed by atoms with Crippen molar-refractivity contribution >= 4 is 15.9 Å². The van der Waals surface area contributed by atoms with Crippen molar-refractivity contribution in [3.63, 3.8) is 0 Å². The third-order valence-corrected chi connectivity index (χ3v) is 5.79. The highest BCUT2D eigenvalue weighted by Gasteiger charge is 2.22. The molecule has 1 heterocycles. The zero-order valence-electron chi connectivity index (χ0n) is 13.3. The third-order valence-electron chi connectivity index (χ3n) is 4.46. The van der Waals surface area contributed by atoms with Gasteiger partial charge in [-0.2, -0.15) is 0 Å². The average Bonchev–Trinajstić information content (AvgIpc) is 2.86. The molecule has 0 fully saturated rings. The summed E-state index contributed by atoms with van der Waals surface area (Å²) >= 11 is 0. The summed E-state index contributed by atoms with van der Waals surface area (Å²) in [7, 11) is -2.13. The lowest BCUT2D eigenvalue weighted by Gasteiger charge is -2.16. The van der Waals surface area contributed by atoms with Crippen molar-refractivity contribution in [2.24, 2.45) is 7.05 Å². The van der Waals surface area contributed by atoms with Crippen LogP contribution in [-0.4, -0.2) is 18.9 Å². The first-order valence-electron chi connectivity index (χ1n) is 7.70. The molecule has 2 aromatic rings. The molecule has 1 aliphatic rings. The first-order valence-corrected chi connectivity index (χ1v) is 9.18. The number of aryl methyl sites for hydroxylation is 3. The van der Waals surface area contributed by atoms with Crippen molar-refractivity contribution in [3.05, 3.63) is 52.8 Å². The first-order chi connectivity index (χ1) is 10.9. The van der Waals surface area contributed by atoms with Crippen LogP contribution in [0.25, 0.3) is 0 Å². The number of carbonyl (C=O) groups excluding carboxylic acids is 1. The quantitative estimate of drug-likeness (QED) is 0.938. The van der Waals surface area contributed by atoms with E-state index < -0.39 is 15.9 Å². The van der Waals surface area contributed by atoms with Crippen molar-refractivity contribution in [1.82, 2.24) is 9.29 Å². The van der Waals surface area contributed by atoms with Crippen molar-refractivity contribution in [2.75, 3.05) is 0 Å². The Morgan fingerprint density at radius 3 is 2.43 bits per heavy atom. The van der Waals surface area contributed by atoms with Crippen LogP contribution in [0.1, 0.15) is 40.2 Å². The summed E-state index contributed by atoms with van der Waals surface area (Å²) < 4.78 is 28.8. The lowest BCUT2D eigenvalue weighted by atomic mass is 9.92. The fraction of sp³-hybridized carbons (Fsp3) is 0.353. The highest BCUT2D eigenvalue weighted by molar-refractivity contribution is 7.90. The molecule has 122 valence electrons. The van der Waals surface area contributed by atoms with Crippen LogP contribution >= 0.6 is 0 Å². The molecule has 0 spiro atoms. The molecule has 1 aliphatic carbocycles. The number of fused-ring (bicyclic) bond motifs is 1. The van der Waals surface area contributed by atoms with Crippen LogP contribution in [-0.2, 0) is 29.9 Å². The summed E-state index contributed by atoms with van der Waals surface area (Å²) in [6, 6.07) is 8.53. The maximum absolute atomic E-state index is 12.5. The summed E-state index contributed by atoms with van der Waals surface area (Å²) in [5, 5.41) is 0. The predicted molar refractivity (Wildman–Crippen MR) is 87.9 cm³/mol. The van der Waals surface area contributed by atoms with Gasteiger partial charge in [-0.15, -0.1) is 0 Å².